The fraction of sp³-hybridized carbons (Fsp3) is 0.667. The third-order valence-corrected chi connectivity index (χ3v) is 3.05. The molecule has 0 aromatic carbocycles. The second-order valence-electron chi connectivity index (χ2n) is 4.51. The van der Waals surface area contributed by atoms with Crippen LogP contribution in [0.5, 0.6) is 0 Å². The molecule has 0 radical (unpaired) electrons. The monoisotopic (exact) mass is 267 g/mol. The van der Waals surface area contributed by atoms with Gasteiger partial charge in [0, 0.05) is 18.8 Å². The molecule has 0 spiro atoms. The Kier molecular flexibility index (Phi) is 5.30. The Morgan fingerprint density at radius 1 is 1.63 bits per heavy atom. The fourth-order valence-corrected chi connectivity index (χ4v) is 1.89. The van der Waals surface area contributed by atoms with Crippen molar-refractivity contribution in [2.75, 3.05) is 7.11 Å². The van der Waals surface area contributed by atoms with Crippen LogP contribution in [0.1, 0.15) is 26.2 Å². The zero-order valence-electron chi connectivity index (χ0n) is 10.9. The Morgan fingerprint density at radius 2 is 2.32 bits per heavy atom. The van der Waals surface area contributed by atoms with E-state index in [1.165, 1.54) is 7.11 Å². The van der Waals surface area contributed by atoms with Crippen molar-refractivity contribution in [3.63, 3.8) is 0 Å². The molecule has 104 valence electrons. The smallest absolute Gasteiger partial charge is 0.328 e. The molecule has 1 rings (SSSR count). The number of hydrogen-bond donors (Lipinski definition) is 2. The summed E-state index contributed by atoms with van der Waals surface area (Å²) in [6.45, 7) is 1.68. The predicted octanol–water partition coefficient (Wildman–Crippen LogP) is -0.527. The molecule has 7 nitrogen and oxygen atoms in total. The van der Waals surface area contributed by atoms with Gasteiger partial charge in [0.05, 0.1) is 13.2 Å². The van der Waals surface area contributed by atoms with Crippen LogP contribution in [0.4, 0.5) is 0 Å². The Labute approximate surface area is 111 Å². The number of hydrogen-bond acceptors (Lipinski definition) is 5. The molecule has 3 atom stereocenters. The van der Waals surface area contributed by atoms with E-state index in [4.69, 9.17) is 5.26 Å². The lowest BCUT2D eigenvalue weighted by molar-refractivity contribution is -0.146. The Hall–Kier alpha value is -2.10. The molecule has 0 saturated carbocycles. The fourth-order valence-electron chi connectivity index (χ4n) is 1.89. The summed E-state index contributed by atoms with van der Waals surface area (Å²) in [6.07, 6.45) is 0.830. The normalized spacial score (nSPS) is 20.9. The van der Waals surface area contributed by atoms with Crippen LogP contribution in [0.25, 0.3) is 0 Å². The van der Waals surface area contributed by atoms with E-state index in [-0.39, 0.29) is 18.2 Å². The van der Waals surface area contributed by atoms with Gasteiger partial charge in [-0.3, -0.25) is 9.59 Å². The molecule has 1 aliphatic heterocycles. The van der Waals surface area contributed by atoms with Crippen LogP contribution < -0.4 is 10.6 Å². The number of esters is 1. The zero-order valence-corrected chi connectivity index (χ0v) is 10.9. The van der Waals surface area contributed by atoms with Gasteiger partial charge in [-0.1, -0.05) is 6.92 Å². The van der Waals surface area contributed by atoms with E-state index in [9.17, 15) is 14.4 Å². The highest BCUT2D eigenvalue weighted by molar-refractivity contribution is 5.93. The summed E-state index contributed by atoms with van der Waals surface area (Å²) in [4.78, 5) is 34.6. The van der Waals surface area contributed by atoms with E-state index in [1.807, 2.05) is 6.07 Å². The third-order valence-electron chi connectivity index (χ3n) is 3.05. The molecular formula is C12H17N3O4. The van der Waals surface area contributed by atoms with E-state index in [0.717, 1.165) is 0 Å². The van der Waals surface area contributed by atoms with Gasteiger partial charge in [-0.2, -0.15) is 5.26 Å². The van der Waals surface area contributed by atoms with Gasteiger partial charge in [0.25, 0.3) is 0 Å². The SMILES string of the molecule is COC(=O)[C@H](NC(=O)[C@H]1CCC(=O)N1)[C@H](C)CC#N. The summed E-state index contributed by atoms with van der Waals surface area (Å²) in [6, 6.07) is 0.451. The first-order chi connectivity index (χ1) is 8.99. The number of nitrogens with one attached hydrogen (secondary N) is 2. The topological polar surface area (TPSA) is 108 Å². The molecule has 0 aliphatic carbocycles. The molecule has 1 fully saturated rings. The minimum absolute atomic E-state index is 0.122. The third kappa shape index (κ3) is 3.95. The quantitative estimate of drug-likeness (QED) is 0.651. The Bertz CT molecular complexity index is 416. The molecule has 0 unspecified atom stereocenters. The molecule has 0 aromatic rings. The molecule has 7 heteroatoms. The number of rotatable bonds is 5. The van der Waals surface area contributed by atoms with E-state index < -0.39 is 24.0 Å². The van der Waals surface area contributed by atoms with Crippen LogP contribution >= 0.6 is 0 Å². The molecule has 19 heavy (non-hydrogen) atoms. The highest BCUT2D eigenvalue weighted by atomic mass is 16.5. The van der Waals surface area contributed by atoms with Gasteiger partial charge in [-0.05, 0) is 6.42 Å². The maximum absolute atomic E-state index is 11.9. The summed E-state index contributed by atoms with van der Waals surface area (Å²) in [5.41, 5.74) is 0. The minimum atomic E-state index is -0.880. The number of nitriles is 1. The van der Waals surface area contributed by atoms with Gasteiger partial charge in [-0.25, -0.2) is 4.79 Å². The van der Waals surface area contributed by atoms with Crippen molar-refractivity contribution in [1.82, 2.24) is 10.6 Å². The van der Waals surface area contributed by atoms with Crippen molar-refractivity contribution in [3.05, 3.63) is 0 Å². The predicted molar refractivity (Wildman–Crippen MR) is 64.5 cm³/mol. The van der Waals surface area contributed by atoms with Gasteiger partial charge in [0.1, 0.15) is 12.1 Å². The first kappa shape index (κ1) is 15.0. The molecule has 2 N–H and O–H groups in total. The number of nitrogens with zero attached hydrogens (tertiary/aromatic N) is 1. The van der Waals surface area contributed by atoms with Gasteiger partial charge in [-0.15, -0.1) is 0 Å². The maximum atomic E-state index is 11.9. The van der Waals surface area contributed by atoms with E-state index in [2.05, 4.69) is 15.4 Å². The van der Waals surface area contributed by atoms with E-state index in [0.29, 0.717) is 12.8 Å². The molecule has 1 saturated heterocycles. The molecule has 1 heterocycles. The standard InChI is InChI=1S/C12H17N3O4/c1-7(5-6-13)10(12(18)19-2)15-11(17)8-3-4-9(16)14-8/h7-8,10H,3-5H2,1-2H3,(H,14,16)(H,15,17)/t7-,8-,10-/m1/s1. The second-order valence-corrected chi connectivity index (χ2v) is 4.51. The molecule has 1 aliphatic rings. The number of amides is 2. The van der Waals surface area contributed by atoms with Crippen LogP contribution in [-0.4, -0.2) is 37.0 Å². The van der Waals surface area contributed by atoms with Crippen molar-refractivity contribution in [1.29, 1.82) is 5.26 Å². The Balaban J connectivity index is 2.66. The first-order valence-corrected chi connectivity index (χ1v) is 6.04. The number of carbonyl (C=O) groups excluding carboxylic acids is 3. The van der Waals surface area contributed by atoms with Gasteiger partial charge >= 0.3 is 5.97 Å². The Morgan fingerprint density at radius 3 is 2.79 bits per heavy atom. The van der Waals surface area contributed by atoms with Crippen LogP contribution in [0.2, 0.25) is 0 Å². The van der Waals surface area contributed by atoms with Crippen molar-refractivity contribution in [2.45, 2.75) is 38.3 Å². The van der Waals surface area contributed by atoms with Crippen molar-refractivity contribution in [2.24, 2.45) is 5.92 Å². The summed E-state index contributed by atoms with van der Waals surface area (Å²) in [7, 11) is 1.22. The summed E-state index contributed by atoms with van der Waals surface area (Å²) in [5, 5.41) is 13.7. The summed E-state index contributed by atoms with van der Waals surface area (Å²) >= 11 is 0. The van der Waals surface area contributed by atoms with Crippen LogP contribution in [0.15, 0.2) is 0 Å². The zero-order chi connectivity index (χ0) is 14.4. The number of carbonyl (C=O) groups is 3. The minimum Gasteiger partial charge on any atom is -0.467 e. The highest BCUT2D eigenvalue weighted by Crippen LogP contribution is 2.12. The molecule has 0 aromatic heterocycles. The maximum Gasteiger partial charge on any atom is 0.328 e. The van der Waals surface area contributed by atoms with Gasteiger partial charge < -0.3 is 15.4 Å². The van der Waals surface area contributed by atoms with Crippen molar-refractivity contribution in [3.8, 4) is 6.07 Å². The lowest BCUT2D eigenvalue weighted by Gasteiger charge is -2.22. The van der Waals surface area contributed by atoms with Gasteiger partial charge in [0.15, 0.2) is 0 Å². The lowest BCUT2D eigenvalue weighted by atomic mass is 9.98. The average Bonchev–Trinajstić information content (AvgIpc) is 2.81. The average molecular weight is 267 g/mol. The van der Waals surface area contributed by atoms with Crippen LogP contribution in [0, 0.1) is 17.2 Å². The summed E-state index contributed by atoms with van der Waals surface area (Å²) in [5.74, 6) is -1.56. The first-order valence-electron chi connectivity index (χ1n) is 6.04. The largest absolute Gasteiger partial charge is 0.467 e. The highest BCUT2D eigenvalue weighted by Gasteiger charge is 2.33. The second kappa shape index (κ2) is 6.73. The van der Waals surface area contributed by atoms with Crippen molar-refractivity contribution >= 4 is 17.8 Å². The van der Waals surface area contributed by atoms with Crippen LogP contribution in [0.3, 0.4) is 0 Å². The molecule has 0 bridgehead atoms. The van der Waals surface area contributed by atoms with Crippen molar-refractivity contribution < 1.29 is 19.1 Å². The van der Waals surface area contributed by atoms with E-state index >= 15 is 0 Å². The lowest BCUT2D eigenvalue weighted by Crippen LogP contribution is -2.51. The summed E-state index contributed by atoms with van der Waals surface area (Å²) < 4.78 is 4.61. The van der Waals surface area contributed by atoms with E-state index in [1.54, 1.807) is 6.92 Å². The van der Waals surface area contributed by atoms with Crippen LogP contribution in [-0.2, 0) is 19.1 Å². The molecule has 2 amide bonds. The molecular weight excluding hydrogens is 250 g/mol. The number of ether oxygens (including phenoxy) is 1. The number of methoxy groups -OCH3 is 1. The van der Waals surface area contributed by atoms with Gasteiger partial charge in [0.2, 0.25) is 11.8 Å².